The van der Waals surface area contributed by atoms with Crippen molar-refractivity contribution in [2.45, 2.75) is 19.8 Å². The number of hydrogen-bond acceptors (Lipinski definition) is 6. The molecule has 0 fully saturated rings. The van der Waals surface area contributed by atoms with Gasteiger partial charge in [-0.15, -0.1) is 11.6 Å². The van der Waals surface area contributed by atoms with Crippen LogP contribution in [0.4, 0.5) is 5.82 Å². The van der Waals surface area contributed by atoms with Crippen molar-refractivity contribution in [2.75, 3.05) is 11.3 Å². The zero-order valence-corrected chi connectivity index (χ0v) is 11.6. The fourth-order valence-electron chi connectivity index (χ4n) is 1.46. The van der Waals surface area contributed by atoms with Crippen molar-refractivity contribution in [2.24, 2.45) is 0 Å². The van der Waals surface area contributed by atoms with E-state index in [1.165, 1.54) is 0 Å². The largest absolute Gasteiger partial charge is 0.334 e. The third-order valence-electron chi connectivity index (χ3n) is 2.40. The van der Waals surface area contributed by atoms with Gasteiger partial charge in [0.25, 0.3) is 11.8 Å². The number of hydrazine groups is 1. The van der Waals surface area contributed by atoms with Crippen LogP contribution in [0.2, 0.25) is 0 Å². The average molecular weight is 296 g/mol. The summed E-state index contributed by atoms with van der Waals surface area (Å²) in [4.78, 5) is 19.4. The van der Waals surface area contributed by atoms with Crippen LogP contribution in [0.15, 0.2) is 22.9 Å². The van der Waals surface area contributed by atoms with Crippen molar-refractivity contribution in [3.8, 4) is 11.5 Å². The predicted octanol–water partition coefficient (Wildman–Crippen LogP) is 1.77. The van der Waals surface area contributed by atoms with E-state index in [-0.39, 0.29) is 11.8 Å². The number of nitrogens with one attached hydrogen (secondary N) is 2. The van der Waals surface area contributed by atoms with E-state index in [1.54, 1.807) is 18.3 Å². The molecule has 8 heteroatoms. The molecule has 0 spiro atoms. The number of carbonyl (C=O) groups is 1. The smallest absolute Gasteiger partial charge is 0.259 e. The van der Waals surface area contributed by atoms with Crippen LogP contribution < -0.4 is 10.9 Å². The minimum absolute atomic E-state index is 0.118. The van der Waals surface area contributed by atoms with E-state index in [4.69, 9.17) is 16.1 Å². The monoisotopic (exact) mass is 295 g/mol. The Morgan fingerprint density at radius 1 is 1.45 bits per heavy atom. The highest BCUT2D eigenvalue weighted by atomic mass is 35.5. The normalized spacial score (nSPS) is 10.3. The summed E-state index contributed by atoms with van der Waals surface area (Å²) in [5, 5.41) is 3.87. The number of aryl methyl sites for hydroxylation is 1. The van der Waals surface area contributed by atoms with Gasteiger partial charge in [0.15, 0.2) is 5.82 Å². The summed E-state index contributed by atoms with van der Waals surface area (Å²) < 4.78 is 5.15. The maximum atomic E-state index is 11.0. The number of nitrogens with zero attached hydrogens (tertiary/aromatic N) is 3. The topological polar surface area (TPSA) is 92.9 Å². The average Bonchev–Trinajstić information content (AvgIpc) is 2.94. The number of carbonyl (C=O) groups excluding carboxylic acids is 1. The zero-order valence-electron chi connectivity index (χ0n) is 10.9. The maximum Gasteiger partial charge on any atom is 0.259 e. The SMILES string of the molecule is CCCc1noc(-c2ccc(NNC(=O)CCl)nc2)n1. The molecule has 2 aromatic heterocycles. The predicted molar refractivity (Wildman–Crippen MR) is 74.0 cm³/mol. The molecule has 0 saturated heterocycles. The van der Waals surface area contributed by atoms with E-state index in [1.807, 2.05) is 6.92 Å². The summed E-state index contributed by atoms with van der Waals surface area (Å²) in [5.41, 5.74) is 5.75. The number of aromatic nitrogens is 3. The molecule has 0 bridgehead atoms. The van der Waals surface area contributed by atoms with Gasteiger partial charge in [0.1, 0.15) is 11.7 Å². The Hall–Kier alpha value is -2.15. The number of alkyl halides is 1. The summed E-state index contributed by atoms with van der Waals surface area (Å²) >= 11 is 5.35. The molecule has 0 aliphatic carbocycles. The van der Waals surface area contributed by atoms with Gasteiger partial charge in [0.2, 0.25) is 0 Å². The zero-order chi connectivity index (χ0) is 14.4. The molecule has 0 unspecified atom stereocenters. The lowest BCUT2D eigenvalue weighted by atomic mass is 10.3. The van der Waals surface area contributed by atoms with E-state index in [9.17, 15) is 4.79 Å². The fourth-order valence-corrected chi connectivity index (χ4v) is 1.52. The summed E-state index contributed by atoms with van der Waals surface area (Å²) in [6.07, 6.45) is 3.32. The molecule has 1 amide bonds. The van der Waals surface area contributed by atoms with Crippen LogP contribution in [-0.4, -0.2) is 26.9 Å². The van der Waals surface area contributed by atoms with Crippen molar-refractivity contribution in [3.63, 3.8) is 0 Å². The molecule has 20 heavy (non-hydrogen) atoms. The van der Waals surface area contributed by atoms with Crippen LogP contribution in [0, 0.1) is 0 Å². The number of anilines is 1. The third kappa shape index (κ3) is 3.67. The highest BCUT2D eigenvalue weighted by Gasteiger charge is 2.08. The highest BCUT2D eigenvalue weighted by Crippen LogP contribution is 2.17. The molecule has 0 aliphatic rings. The number of rotatable bonds is 6. The highest BCUT2D eigenvalue weighted by molar-refractivity contribution is 6.27. The lowest BCUT2D eigenvalue weighted by molar-refractivity contribution is -0.118. The first-order chi connectivity index (χ1) is 9.72. The van der Waals surface area contributed by atoms with Gasteiger partial charge >= 0.3 is 0 Å². The van der Waals surface area contributed by atoms with Crippen molar-refractivity contribution >= 4 is 23.3 Å². The summed E-state index contributed by atoms with van der Waals surface area (Å²) in [6.45, 7) is 2.05. The van der Waals surface area contributed by atoms with Gasteiger partial charge in [-0.2, -0.15) is 4.98 Å². The second-order valence-electron chi connectivity index (χ2n) is 4.00. The second kappa shape index (κ2) is 6.85. The van der Waals surface area contributed by atoms with Crippen LogP contribution in [0.5, 0.6) is 0 Å². The first kappa shape index (κ1) is 14.3. The Morgan fingerprint density at radius 2 is 2.30 bits per heavy atom. The van der Waals surface area contributed by atoms with E-state index >= 15 is 0 Å². The molecule has 2 aromatic rings. The molecule has 0 aromatic carbocycles. The van der Waals surface area contributed by atoms with Gasteiger partial charge in [-0.1, -0.05) is 12.1 Å². The molecule has 2 N–H and O–H groups in total. The van der Waals surface area contributed by atoms with Crippen LogP contribution >= 0.6 is 11.6 Å². The first-order valence-corrected chi connectivity index (χ1v) is 6.66. The number of halogens is 1. The molecule has 2 heterocycles. The van der Waals surface area contributed by atoms with E-state index < -0.39 is 0 Å². The Morgan fingerprint density at radius 3 is 2.95 bits per heavy atom. The molecular formula is C12H14ClN5O2. The summed E-state index contributed by atoms with van der Waals surface area (Å²) in [6, 6.07) is 3.46. The van der Waals surface area contributed by atoms with Crippen LogP contribution in [0.25, 0.3) is 11.5 Å². The molecule has 0 aliphatic heterocycles. The Balaban J connectivity index is 2.01. The molecule has 106 valence electrons. The fraction of sp³-hybridized carbons (Fsp3) is 0.333. The van der Waals surface area contributed by atoms with E-state index in [2.05, 4.69) is 26.0 Å². The van der Waals surface area contributed by atoms with Crippen LogP contribution in [-0.2, 0) is 11.2 Å². The number of hydrogen-bond donors (Lipinski definition) is 2. The van der Waals surface area contributed by atoms with Crippen LogP contribution in [0.3, 0.4) is 0 Å². The molecular weight excluding hydrogens is 282 g/mol. The van der Waals surface area contributed by atoms with Gasteiger partial charge < -0.3 is 4.52 Å². The lowest BCUT2D eigenvalue weighted by Gasteiger charge is -2.05. The molecule has 7 nitrogen and oxygen atoms in total. The second-order valence-corrected chi connectivity index (χ2v) is 4.27. The van der Waals surface area contributed by atoms with Gasteiger partial charge in [0, 0.05) is 12.6 Å². The van der Waals surface area contributed by atoms with Crippen LogP contribution in [0.1, 0.15) is 19.2 Å². The van der Waals surface area contributed by atoms with E-state index in [0.29, 0.717) is 23.1 Å². The lowest BCUT2D eigenvalue weighted by Crippen LogP contribution is -2.30. The first-order valence-electron chi connectivity index (χ1n) is 6.12. The van der Waals surface area contributed by atoms with Crippen molar-refractivity contribution < 1.29 is 9.32 Å². The quantitative estimate of drug-likeness (QED) is 0.623. The van der Waals surface area contributed by atoms with Crippen molar-refractivity contribution in [3.05, 3.63) is 24.2 Å². The molecule has 0 saturated carbocycles. The Bertz CT molecular complexity index is 569. The number of amides is 1. The summed E-state index contributed by atoms with van der Waals surface area (Å²) in [7, 11) is 0. The standard InChI is InChI=1S/C12H14ClN5O2/c1-2-3-10-15-12(20-18-10)8-4-5-9(14-7-8)16-17-11(19)6-13/h4-5,7H,2-3,6H2,1H3,(H,14,16)(H,17,19). The molecule has 0 atom stereocenters. The van der Waals surface area contributed by atoms with E-state index in [0.717, 1.165) is 12.8 Å². The van der Waals surface area contributed by atoms with Gasteiger partial charge in [-0.05, 0) is 18.6 Å². The van der Waals surface area contributed by atoms with Gasteiger partial charge in [-0.3, -0.25) is 15.6 Å². The Kier molecular flexibility index (Phi) is 4.89. The third-order valence-corrected chi connectivity index (χ3v) is 2.65. The van der Waals surface area contributed by atoms with Crippen molar-refractivity contribution in [1.29, 1.82) is 0 Å². The minimum Gasteiger partial charge on any atom is -0.334 e. The molecule has 2 rings (SSSR count). The summed E-state index contributed by atoms with van der Waals surface area (Å²) in [5.74, 6) is 1.14. The van der Waals surface area contributed by atoms with Crippen molar-refractivity contribution in [1.82, 2.24) is 20.6 Å². The van der Waals surface area contributed by atoms with Gasteiger partial charge in [0.05, 0.1) is 5.56 Å². The number of pyridine rings is 1. The minimum atomic E-state index is -0.335. The Labute approximate surface area is 120 Å². The molecule has 0 radical (unpaired) electrons. The van der Waals surface area contributed by atoms with Gasteiger partial charge in [-0.25, -0.2) is 4.98 Å². The maximum absolute atomic E-state index is 11.0.